The second-order valence-electron chi connectivity index (χ2n) is 5.83. The summed E-state index contributed by atoms with van der Waals surface area (Å²) in [5.41, 5.74) is 1.59. The number of nitrogens with one attached hydrogen (secondary N) is 1. The number of phenolic OH excluding ortho intramolecular Hbond substituents is 1. The van der Waals surface area contributed by atoms with E-state index >= 15 is 0 Å². The van der Waals surface area contributed by atoms with E-state index in [9.17, 15) is 14.3 Å². The first-order chi connectivity index (χ1) is 12.0. The Morgan fingerprint density at radius 2 is 1.96 bits per heavy atom. The van der Waals surface area contributed by atoms with Crippen molar-refractivity contribution in [1.29, 1.82) is 0 Å². The topological polar surface area (TPSA) is 70.9 Å². The van der Waals surface area contributed by atoms with Crippen LogP contribution in [0.1, 0.15) is 5.56 Å². The summed E-state index contributed by atoms with van der Waals surface area (Å²) in [4.78, 5) is 12.4. The van der Waals surface area contributed by atoms with E-state index in [2.05, 4.69) is 10.2 Å². The van der Waals surface area contributed by atoms with Crippen LogP contribution in [-0.2, 0) is 0 Å². The number of aromatic amines is 1. The molecule has 0 aliphatic carbocycles. The number of benzene rings is 3. The van der Waals surface area contributed by atoms with Crippen LogP contribution in [-0.4, -0.2) is 19.9 Å². The van der Waals surface area contributed by atoms with Crippen molar-refractivity contribution in [1.82, 2.24) is 14.8 Å². The molecular formula is C19H14FN3O2. The van der Waals surface area contributed by atoms with E-state index in [1.807, 2.05) is 19.1 Å². The van der Waals surface area contributed by atoms with Gasteiger partial charge in [-0.3, -0.25) is 0 Å². The molecule has 0 atom stereocenters. The highest BCUT2D eigenvalue weighted by atomic mass is 19.1. The van der Waals surface area contributed by atoms with E-state index < -0.39 is 5.69 Å². The van der Waals surface area contributed by atoms with E-state index in [-0.39, 0.29) is 11.6 Å². The second-order valence-corrected chi connectivity index (χ2v) is 5.83. The van der Waals surface area contributed by atoms with E-state index in [1.165, 1.54) is 22.8 Å². The number of halogens is 1. The van der Waals surface area contributed by atoms with Gasteiger partial charge in [0, 0.05) is 10.9 Å². The second kappa shape index (κ2) is 5.59. The Kier molecular flexibility index (Phi) is 3.39. The first-order valence-electron chi connectivity index (χ1n) is 7.70. The summed E-state index contributed by atoms with van der Waals surface area (Å²) in [6.45, 7) is 1.82. The molecule has 0 aliphatic heterocycles. The Labute approximate surface area is 142 Å². The number of hydrogen-bond acceptors (Lipinski definition) is 3. The molecular weight excluding hydrogens is 321 g/mol. The first kappa shape index (κ1) is 15.1. The van der Waals surface area contributed by atoms with Gasteiger partial charge in [0.2, 0.25) is 0 Å². The largest absolute Gasteiger partial charge is 0.508 e. The minimum absolute atomic E-state index is 0.137. The summed E-state index contributed by atoms with van der Waals surface area (Å²) in [5, 5.41) is 17.6. The molecule has 0 aliphatic rings. The smallest absolute Gasteiger partial charge is 0.348 e. The molecule has 0 amide bonds. The van der Waals surface area contributed by atoms with Crippen molar-refractivity contribution in [3.63, 3.8) is 0 Å². The number of H-pyrrole nitrogens is 1. The highest BCUT2D eigenvalue weighted by Crippen LogP contribution is 2.28. The molecule has 4 aromatic rings. The number of rotatable bonds is 2. The molecule has 6 heteroatoms. The zero-order valence-electron chi connectivity index (χ0n) is 13.3. The quantitative estimate of drug-likeness (QED) is 0.589. The van der Waals surface area contributed by atoms with Crippen molar-refractivity contribution >= 4 is 10.8 Å². The Bertz CT molecular complexity index is 1160. The lowest BCUT2D eigenvalue weighted by atomic mass is 10.1. The third kappa shape index (κ3) is 2.48. The number of aromatic nitrogens is 3. The lowest BCUT2D eigenvalue weighted by Crippen LogP contribution is -2.16. The van der Waals surface area contributed by atoms with Crippen molar-refractivity contribution in [2.45, 2.75) is 6.92 Å². The Morgan fingerprint density at radius 3 is 2.76 bits per heavy atom. The Balaban J connectivity index is 2.04. The van der Waals surface area contributed by atoms with Crippen LogP contribution in [0.15, 0.2) is 59.4 Å². The summed E-state index contributed by atoms with van der Waals surface area (Å²) >= 11 is 0. The van der Waals surface area contributed by atoms with Gasteiger partial charge in [0.25, 0.3) is 0 Å². The molecule has 0 saturated carbocycles. The van der Waals surface area contributed by atoms with E-state index in [0.29, 0.717) is 22.5 Å². The number of aryl methyl sites for hydroxylation is 1. The van der Waals surface area contributed by atoms with Crippen LogP contribution in [0.5, 0.6) is 5.75 Å². The maximum Gasteiger partial charge on any atom is 0.348 e. The van der Waals surface area contributed by atoms with Crippen LogP contribution >= 0.6 is 0 Å². The summed E-state index contributed by atoms with van der Waals surface area (Å²) in [7, 11) is 0. The maximum atomic E-state index is 13.8. The lowest BCUT2D eigenvalue weighted by Gasteiger charge is -2.11. The van der Waals surface area contributed by atoms with Gasteiger partial charge in [0.05, 0.1) is 5.69 Å². The van der Waals surface area contributed by atoms with Crippen LogP contribution < -0.4 is 5.69 Å². The van der Waals surface area contributed by atoms with Crippen LogP contribution in [0.4, 0.5) is 4.39 Å². The molecule has 0 fully saturated rings. The van der Waals surface area contributed by atoms with Gasteiger partial charge in [0.1, 0.15) is 11.6 Å². The maximum absolute atomic E-state index is 13.8. The van der Waals surface area contributed by atoms with Crippen molar-refractivity contribution in [3.05, 3.63) is 76.5 Å². The third-order valence-electron chi connectivity index (χ3n) is 4.19. The molecule has 0 saturated heterocycles. The summed E-state index contributed by atoms with van der Waals surface area (Å²) in [5.74, 6) is 0.163. The molecule has 1 heterocycles. The molecule has 25 heavy (non-hydrogen) atoms. The van der Waals surface area contributed by atoms with Gasteiger partial charge < -0.3 is 5.11 Å². The van der Waals surface area contributed by atoms with Gasteiger partial charge in [-0.05, 0) is 54.3 Å². The summed E-state index contributed by atoms with van der Waals surface area (Å²) < 4.78 is 15.2. The number of hydrogen-bond donors (Lipinski definition) is 2. The molecule has 3 aromatic carbocycles. The molecule has 0 unspecified atom stereocenters. The SMILES string of the molecule is Cc1cc(O)ccc1-c1n[nH]c(=O)n1-c1cccc2ccc(F)cc12. The lowest BCUT2D eigenvalue weighted by molar-refractivity contribution is 0.475. The van der Waals surface area contributed by atoms with E-state index in [4.69, 9.17) is 0 Å². The standard InChI is InChI=1S/C19H14FN3O2/c1-11-9-14(24)7-8-15(11)18-21-22-19(25)23(18)17-4-2-3-12-5-6-13(20)10-16(12)17/h2-10,24H,1H3,(H,22,25). The highest BCUT2D eigenvalue weighted by molar-refractivity contribution is 5.90. The number of fused-ring (bicyclic) bond motifs is 1. The van der Waals surface area contributed by atoms with Crippen LogP contribution in [0, 0.1) is 12.7 Å². The molecule has 4 rings (SSSR count). The van der Waals surface area contributed by atoms with E-state index in [1.54, 1.807) is 24.3 Å². The minimum Gasteiger partial charge on any atom is -0.508 e. The Hall–Kier alpha value is -3.41. The van der Waals surface area contributed by atoms with Gasteiger partial charge in [0.15, 0.2) is 5.82 Å². The fourth-order valence-electron chi connectivity index (χ4n) is 3.02. The molecule has 124 valence electrons. The molecule has 2 N–H and O–H groups in total. The van der Waals surface area contributed by atoms with Gasteiger partial charge >= 0.3 is 5.69 Å². The summed E-state index contributed by atoms with van der Waals surface area (Å²) in [6, 6.07) is 14.7. The number of phenols is 1. The molecule has 5 nitrogen and oxygen atoms in total. The van der Waals surface area contributed by atoms with Gasteiger partial charge in [-0.2, -0.15) is 5.10 Å². The first-order valence-corrected chi connectivity index (χ1v) is 7.70. The predicted octanol–water partition coefficient (Wildman–Crippen LogP) is 3.53. The highest BCUT2D eigenvalue weighted by Gasteiger charge is 2.16. The minimum atomic E-state index is -0.417. The van der Waals surface area contributed by atoms with Crippen molar-refractivity contribution in [3.8, 4) is 22.8 Å². The van der Waals surface area contributed by atoms with Gasteiger partial charge in [-0.25, -0.2) is 18.9 Å². The molecule has 0 bridgehead atoms. The van der Waals surface area contributed by atoms with Crippen molar-refractivity contribution in [2.24, 2.45) is 0 Å². The molecule has 0 radical (unpaired) electrons. The molecule has 1 aromatic heterocycles. The monoisotopic (exact) mass is 335 g/mol. The zero-order chi connectivity index (χ0) is 17.6. The van der Waals surface area contributed by atoms with E-state index in [0.717, 1.165) is 10.9 Å². The van der Waals surface area contributed by atoms with Crippen molar-refractivity contribution in [2.75, 3.05) is 0 Å². The molecule has 0 spiro atoms. The average molecular weight is 335 g/mol. The fraction of sp³-hybridized carbons (Fsp3) is 0.0526. The fourth-order valence-corrected chi connectivity index (χ4v) is 3.02. The van der Waals surface area contributed by atoms with Gasteiger partial charge in [-0.1, -0.05) is 18.2 Å². The van der Waals surface area contributed by atoms with Crippen LogP contribution in [0.2, 0.25) is 0 Å². The normalized spacial score (nSPS) is 11.1. The zero-order valence-corrected chi connectivity index (χ0v) is 13.3. The Morgan fingerprint density at radius 1 is 1.12 bits per heavy atom. The van der Waals surface area contributed by atoms with Crippen LogP contribution in [0.25, 0.3) is 27.8 Å². The summed E-state index contributed by atoms with van der Waals surface area (Å²) in [6.07, 6.45) is 0. The average Bonchev–Trinajstić information content (AvgIpc) is 2.95. The predicted molar refractivity (Wildman–Crippen MR) is 93.5 cm³/mol. The van der Waals surface area contributed by atoms with Crippen molar-refractivity contribution < 1.29 is 9.50 Å². The van der Waals surface area contributed by atoms with Crippen LogP contribution in [0.3, 0.4) is 0 Å². The number of aromatic hydroxyl groups is 1. The number of nitrogens with zero attached hydrogens (tertiary/aromatic N) is 2. The third-order valence-corrected chi connectivity index (χ3v) is 4.19. The van der Waals surface area contributed by atoms with Gasteiger partial charge in [-0.15, -0.1) is 0 Å².